The van der Waals surface area contributed by atoms with Crippen LogP contribution in [0.1, 0.15) is 25.3 Å². The molecule has 2 heterocycles. The zero-order valence-electron chi connectivity index (χ0n) is 10.8. The fraction of sp³-hybridized carbons (Fsp3) is 0.462. The Balaban J connectivity index is 2.07. The fourth-order valence-corrected chi connectivity index (χ4v) is 2.45. The molecular weight excluding hydrogens is 248 g/mol. The molecule has 0 aliphatic carbocycles. The van der Waals surface area contributed by atoms with Gasteiger partial charge in [-0.2, -0.15) is 9.59 Å². The Kier molecular flexibility index (Phi) is 3.80. The topological polar surface area (TPSA) is 76.5 Å². The summed E-state index contributed by atoms with van der Waals surface area (Å²) in [7, 11) is 0. The molecular formula is C13H17N2O4+. The zero-order valence-corrected chi connectivity index (χ0v) is 10.8. The second-order valence-electron chi connectivity index (χ2n) is 4.78. The molecule has 2 rings (SSSR count). The predicted octanol–water partition coefficient (Wildman–Crippen LogP) is 2.40. The van der Waals surface area contributed by atoms with Gasteiger partial charge in [0.25, 0.3) is 0 Å². The van der Waals surface area contributed by atoms with E-state index in [2.05, 4.69) is 4.98 Å². The molecule has 6 nitrogen and oxygen atoms in total. The van der Waals surface area contributed by atoms with Crippen molar-refractivity contribution in [2.24, 2.45) is 0 Å². The van der Waals surface area contributed by atoms with Crippen LogP contribution in [-0.2, 0) is 11.3 Å². The predicted molar refractivity (Wildman–Crippen MR) is 66.3 cm³/mol. The number of rotatable bonds is 2. The highest BCUT2D eigenvalue weighted by Gasteiger charge is 2.54. The average molecular weight is 265 g/mol. The summed E-state index contributed by atoms with van der Waals surface area (Å²) < 4.78 is 4.55. The Morgan fingerprint density at radius 2 is 2.16 bits per heavy atom. The third-order valence-corrected chi connectivity index (χ3v) is 3.66. The van der Waals surface area contributed by atoms with Crippen molar-refractivity contribution in [1.82, 2.24) is 4.98 Å². The first-order valence-corrected chi connectivity index (χ1v) is 6.25. The number of aromatic nitrogens is 1. The standard InChI is InChI=1S/C13H16N2O4/c1-10-3-2-8-15(10,12(16)17)13(18)19-9-11-4-6-14-7-5-11/h4-7,10H,2-3,8-9H2,1H3/p+1/t10-,15?/m1/s1. The molecule has 2 amide bonds. The first-order valence-electron chi connectivity index (χ1n) is 6.25. The van der Waals surface area contributed by atoms with Crippen molar-refractivity contribution in [3.05, 3.63) is 30.1 Å². The Hall–Kier alpha value is -1.95. The van der Waals surface area contributed by atoms with Crippen molar-refractivity contribution in [3.63, 3.8) is 0 Å². The number of carboxylic acid groups (broad SMARTS) is 1. The molecule has 1 N–H and O–H groups in total. The summed E-state index contributed by atoms with van der Waals surface area (Å²) in [5, 5.41) is 9.36. The molecule has 1 unspecified atom stereocenters. The lowest BCUT2D eigenvalue weighted by Crippen LogP contribution is -2.58. The van der Waals surface area contributed by atoms with Gasteiger partial charge in [-0.15, -0.1) is 4.48 Å². The van der Waals surface area contributed by atoms with Gasteiger partial charge in [0.1, 0.15) is 19.2 Å². The van der Waals surface area contributed by atoms with E-state index in [0.717, 1.165) is 18.4 Å². The van der Waals surface area contributed by atoms with E-state index in [9.17, 15) is 14.7 Å². The van der Waals surface area contributed by atoms with E-state index in [1.165, 1.54) is 0 Å². The highest BCUT2D eigenvalue weighted by Crippen LogP contribution is 2.29. The van der Waals surface area contributed by atoms with Crippen molar-refractivity contribution in [1.29, 1.82) is 0 Å². The molecule has 1 aliphatic rings. The second kappa shape index (κ2) is 5.36. The van der Waals surface area contributed by atoms with Gasteiger partial charge in [-0.3, -0.25) is 4.98 Å². The summed E-state index contributed by atoms with van der Waals surface area (Å²) in [6.45, 7) is 2.14. The van der Waals surface area contributed by atoms with Crippen LogP contribution >= 0.6 is 0 Å². The van der Waals surface area contributed by atoms with E-state index in [0.29, 0.717) is 6.54 Å². The van der Waals surface area contributed by atoms with Crippen molar-refractivity contribution in [2.75, 3.05) is 6.54 Å². The molecule has 0 aromatic carbocycles. The SMILES string of the molecule is C[C@@H]1CCC[N+]1(C(=O)O)C(=O)OCc1ccncc1. The van der Waals surface area contributed by atoms with Crippen LogP contribution in [0.3, 0.4) is 0 Å². The average Bonchev–Trinajstić information content (AvgIpc) is 2.80. The summed E-state index contributed by atoms with van der Waals surface area (Å²) >= 11 is 0. The van der Waals surface area contributed by atoms with E-state index >= 15 is 0 Å². The van der Waals surface area contributed by atoms with Crippen LogP contribution < -0.4 is 0 Å². The summed E-state index contributed by atoms with van der Waals surface area (Å²) in [6, 6.07) is 3.21. The number of amides is 2. The number of carbonyl (C=O) groups is 2. The maximum absolute atomic E-state index is 12.1. The Bertz CT molecular complexity index is 477. The van der Waals surface area contributed by atoms with Crippen LogP contribution in [0.25, 0.3) is 0 Å². The maximum Gasteiger partial charge on any atom is 0.527 e. The van der Waals surface area contributed by atoms with Crippen LogP contribution in [0.15, 0.2) is 24.5 Å². The van der Waals surface area contributed by atoms with Crippen molar-refractivity contribution < 1.29 is 23.9 Å². The first-order chi connectivity index (χ1) is 9.07. The van der Waals surface area contributed by atoms with Crippen LogP contribution in [-0.4, -0.2) is 39.3 Å². The molecule has 19 heavy (non-hydrogen) atoms. The number of hydrogen-bond donors (Lipinski definition) is 1. The Labute approximate surface area is 111 Å². The van der Waals surface area contributed by atoms with Crippen LogP contribution in [0.4, 0.5) is 9.59 Å². The lowest BCUT2D eigenvalue weighted by molar-refractivity contribution is -0.795. The van der Waals surface area contributed by atoms with E-state index in [1.807, 2.05) is 0 Å². The molecule has 0 spiro atoms. The molecule has 1 aromatic rings. The minimum atomic E-state index is -1.13. The molecule has 0 radical (unpaired) electrons. The summed E-state index contributed by atoms with van der Waals surface area (Å²) in [5.41, 5.74) is 0.790. The highest BCUT2D eigenvalue weighted by atomic mass is 16.6. The molecule has 0 bridgehead atoms. The summed E-state index contributed by atoms with van der Waals surface area (Å²) in [6.07, 6.45) is 2.82. The van der Waals surface area contributed by atoms with Gasteiger partial charge in [0, 0.05) is 25.2 Å². The highest BCUT2D eigenvalue weighted by molar-refractivity contribution is 5.75. The van der Waals surface area contributed by atoms with Crippen LogP contribution in [0.5, 0.6) is 0 Å². The largest absolute Gasteiger partial charge is 0.527 e. The fourth-order valence-electron chi connectivity index (χ4n) is 2.45. The van der Waals surface area contributed by atoms with Crippen LogP contribution in [0.2, 0.25) is 0 Å². The minimum Gasteiger partial charge on any atom is -0.435 e. The van der Waals surface area contributed by atoms with Gasteiger partial charge < -0.3 is 9.84 Å². The number of quaternary nitrogens is 1. The van der Waals surface area contributed by atoms with Crippen LogP contribution in [0, 0.1) is 0 Å². The number of pyridine rings is 1. The lowest BCUT2D eigenvalue weighted by atomic mass is 10.2. The molecule has 1 fully saturated rings. The number of carbonyl (C=O) groups excluding carboxylic acids is 1. The molecule has 6 heteroatoms. The summed E-state index contributed by atoms with van der Waals surface area (Å²) in [4.78, 5) is 27.5. The van der Waals surface area contributed by atoms with Gasteiger partial charge >= 0.3 is 12.2 Å². The molecule has 1 aliphatic heterocycles. The number of likely N-dealkylation sites (tertiary alicyclic amines) is 1. The number of ether oxygens (including phenoxy) is 1. The molecule has 2 atom stereocenters. The normalized spacial score (nSPS) is 26.1. The van der Waals surface area contributed by atoms with Crippen molar-refractivity contribution in [3.8, 4) is 0 Å². The third-order valence-electron chi connectivity index (χ3n) is 3.66. The summed E-state index contributed by atoms with van der Waals surface area (Å²) in [5.74, 6) is 0. The quantitative estimate of drug-likeness (QED) is 0.831. The third kappa shape index (κ3) is 2.44. The van der Waals surface area contributed by atoms with Gasteiger partial charge in [0.2, 0.25) is 0 Å². The Morgan fingerprint density at radius 3 is 2.68 bits per heavy atom. The lowest BCUT2D eigenvalue weighted by Gasteiger charge is -2.27. The van der Waals surface area contributed by atoms with E-state index in [4.69, 9.17) is 4.74 Å². The van der Waals surface area contributed by atoms with Gasteiger partial charge in [0.05, 0.1) is 0 Å². The zero-order chi connectivity index (χ0) is 13.9. The minimum absolute atomic E-state index is 0.0708. The van der Waals surface area contributed by atoms with Gasteiger partial charge in [0.15, 0.2) is 0 Å². The second-order valence-corrected chi connectivity index (χ2v) is 4.78. The number of nitrogens with zero attached hydrogens (tertiary/aromatic N) is 2. The van der Waals surface area contributed by atoms with E-state index in [1.54, 1.807) is 31.5 Å². The van der Waals surface area contributed by atoms with Gasteiger partial charge in [-0.05, 0) is 24.6 Å². The molecule has 1 saturated heterocycles. The first kappa shape index (κ1) is 13.5. The maximum atomic E-state index is 12.1. The number of imide groups is 1. The molecule has 102 valence electrons. The van der Waals surface area contributed by atoms with E-state index < -0.39 is 16.7 Å². The van der Waals surface area contributed by atoms with E-state index in [-0.39, 0.29) is 12.6 Å². The number of hydrogen-bond acceptors (Lipinski definition) is 4. The van der Waals surface area contributed by atoms with Gasteiger partial charge in [-0.1, -0.05) is 0 Å². The van der Waals surface area contributed by atoms with Gasteiger partial charge in [-0.25, -0.2) is 0 Å². The Morgan fingerprint density at radius 1 is 1.47 bits per heavy atom. The molecule has 0 saturated carbocycles. The monoisotopic (exact) mass is 265 g/mol. The van der Waals surface area contributed by atoms with Crippen molar-refractivity contribution in [2.45, 2.75) is 32.4 Å². The van der Waals surface area contributed by atoms with Crippen molar-refractivity contribution >= 4 is 12.2 Å². The smallest absolute Gasteiger partial charge is 0.435 e. The molecule has 1 aromatic heterocycles.